The van der Waals surface area contributed by atoms with Gasteiger partial charge in [0.15, 0.2) is 0 Å². The molecule has 0 aliphatic heterocycles. The Labute approximate surface area is 162 Å². The summed E-state index contributed by atoms with van der Waals surface area (Å²) in [4.78, 5) is 15.1. The minimum absolute atomic E-state index is 0.0567. The molecule has 0 atom stereocenters. The highest BCUT2D eigenvalue weighted by atomic mass is 32.1. The van der Waals surface area contributed by atoms with Crippen LogP contribution in [0.4, 0.5) is 0 Å². The van der Waals surface area contributed by atoms with E-state index in [-0.39, 0.29) is 6.42 Å². The number of nitrogens with zero attached hydrogens (tertiary/aromatic N) is 1. The van der Waals surface area contributed by atoms with Crippen molar-refractivity contribution in [1.82, 2.24) is 4.98 Å². The fourth-order valence-corrected chi connectivity index (χ4v) is 3.34. The number of aryl methyl sites for hydroxylation is 1. The van der Waals surface area contributed by atoms with Crippen molar-refractivity contribution in [3.8, 4) is 22.1 Å². The predicted octanol–water partition coefficient (Wildman–Crippen LogP) is 4.46. The Morgan fingerprint density at radius 3 is 2.15 bits per heavy atom. The number of carboxylic acid groups (broad SMARTS) is 1. The molecule has 2 aromatic carbocycles. The fraction of sp³-hybridized carbons (Fsp3) is 0.238. The molecule has 0 radical (unpaired) electrons. The van der Waals surface area contributed by atoms with Crippen LogP contribution in [0.1, 0.15) is 18.2 Å². The highest BCUT2D eigenvalue weighted by Gasteiger charge is 2.08. The Balaban J connectivity index is 1.47. The van der Waals surface area contributed by atoms with E-state index in [2.05, 4.69) is 24.0 Å². The molecule has 0 amide bonds. The largest absolute Gasteiger partial charge is 0.490 e. The maximum Gasteiger partial charge on any atom is 0.309 e. The zero-order valence-electron chi connectivity index (χ0n) is 15.1. The molecular formula is C21H21NO4S. The van der Waals surface area contributed by atoms with Crippen LogP contribution in [0.2, 0.25) is 0 Å². The summed E-state index contributed by atoms with van der Waals surface area (Å²) in [5, 5.41) is 11.4. The summed E-state index contributed by atoms with van der Waals surface area (Å²) < 4.78 is 11.4. The molecule has 0 saturated heterocycles. The molecule has 5 nitrogen and oxygen atoms in total. The third-order valence-corrected chi connectivity index (χ3v) is 4.88. The lowest BCUT2D eigenvalue weighted by molar-refractivity contribution is -0.136. The van der Waals surface area contributed by atoms with Gasteiger partial charge >= 0.3 is 5.97 Å². The third-order valence-electron chi connectivity index (χ3n) is 3.94. The predicted molar refractivity (Wildman–Crippen MR) is 106 cm³/mol. The van der Waals surface area contributed by atoms with Gasteiger partial charge < -0.3 is 14.6 Å². The summed E-state index contributed by atoms with van der Waals surface area (Å²) in [5.41, 5.74) is 2.80. The molecule has 0 saturated carbocycles. The van der Waals surface area contributed by atoms with Crippen LogP contribution >= 0.6 is 11.3 Å². The second-order valence-electron chi connectivity index (χ2n) is 5.93. The molecule has 6 heteroatoms. The van der Waals surface area contributed by atoms with Crippen molar-refractivity contribution in [2.75, 3.05) is 13.2 Å². The number of ether oxygens (including phenoxy) is 2. The standard InChI is InChI=1S/C21H21NO4S/c1-2-15-3-7-18(8-4-15)25-11-12-26-19-9-5-16(6-10-19)21-22-17(14-27-21)13-20(23)24/h3-10,14H,2,11-13H2,1H3,(H,23,24). The van der Waals surface area contributed by atoms with Gasteiger partial charge in [-0.15, -0.1) is 11.3 Å². The fourth-order valence-electron chi connectivity index (χ4n) is 2.51. The summed E-state index contributed by atoms with van der Waals surface area (Å²) in [5.74, 6) is 0.720. The van der Waals surface area contributed by atoms with Gasteiger partial charge in [-0.2, -0.15) is 0 Å². The second-order valence-corrected chi connectivity index (χ2v) is 6.79. The molecule has 3 aromatic rings. The molecule has 0 fully saturated rings. The quantitative estimate of drug-likeness (QED) is 0.553. The summed E-state index contributed by atoms with van der Waals surface area (Å²) in [6.45, 7) is 3.05. The summed E-state index contributed by atoms with van der Waals surface area (Å²) in [6, 6.07) is 15.7. The van der Waals surface area contributed by atoms with Gasteiger partial charge in [-0.05, 0) is 48.4 Å². The zero-order valence-corrected chi connectivity index (χ0v) is 15.9. The normalized spacial score (nSPS) is 10.6. The van der Waals surface area contributed by atoms with Gasteiger partial charge in [-0.1, -0.05) is 19.1 Å². The van der Waals surface area contributed by atoms with Crippen molar-refractivity contribution in [1.29, 1.82) is 0 Å². The number of thiazole rings is 1. The van der Waals surface area contributed by atoms with Gasteiger partial charge in [0.2, 0.25) is 0 Å². The van der Waals surface area contributed by atoms with Crippen molar-refractivity contribution < 1.29 is 19.4 Å². The molecular weight excluding hydrogens is 362 g/mol. The van der Waals surface area contributed by atoms with E-state index in [9.17, 15) is 4.79 Å². The Hall–Kier alpha value is -2.86. The van der Waals surface area contributed by atoms with Crippen LogP contribution in [0, 0.1) is 0 Å². The highest BCUT2D eigenvalue weighted by molar-refractivity contribution is 7.13. The Morgan fingerprint density at radius 1 is 1.00 bits per heavy atom. The van der Waals surface area contributed by atoms with Crippen LogP contribution in [-0.2, 0) is 17.6 Å². The van der Waals surface area contributed by atoms with Gasteiger partial charge in [0.25, 0.3) is 0 Å². The monoisotopic (exact) mass is 383 g/mol. The molecule has 1 N–H and O–H groups in total. The van der Waals surface area contributed by atoms with Crippen molar-refractivity contribution in [3.63, 3.8) is 0 Å². The second kappa shape index (κ2) is 9.19. The molecule has 1 heterocycles. The minimum atomic E-state index is -0.876. The minimum Gasteiger partial charge on any atom is -0.490 e. The highest BCUT2D eigenvalue weighted by Crippen LogP contribution is 2.26. The van der Waals surface area contributed by atoms with Crippen LogP contribution in [0.5, 0.6) is 11.5 Å². The van der Waals surface area contributed by atoms with Crippen molar-refractivity contribution in [2.24, 2.45) is 0 Å². The number of carbonyl (C=O) groups is 1. The molecule has 140 valence electrons. The number of hydrogen-bond acceptors (Lipinski definition) is 5. The van der Waals surface area contributed by atoms with E-state index >= 15 is 0 Å². The SMILES string of the molecule is CCc1ccc(OCCOc2ccc(-c3nc(CC(=O)O)cs3)cc2)cc1. The van der Waals surface area contributed by atoms with Crippen molar-refractivity contribution >= 4 is 17.3 Å². The van der Waals surface area contributed by atoms with Crippen molar-refractivity contribution in [2.45, 2.75) is 19.8 Å². The maximum absolute atomic E-state index is 10.7. The van der Waals surface area contributed by atoms with E-state index in [1.54, 1.807) is 5.38 Å². The number of aromatic nitrogens is 1. The van der Waals surface area contributed by atoms with E-state index in [0.717, 1.165) is 28.5 Å². The number of rotatable bonds is 9. The first-order chi connectivity index (χ1) is 13.1. The molecule has 0 unspecified atom stereocenters. The third kappa shape index (κ3) is 5.56. The van der Waals surface area contributed by atoms with E-state index < -0.39 is 5.97 Å². The first-order valence-corrected chi connectivity index (χ1v) is 9.63. The molecule has 0 spiro atoms. The number of benzene rings is 2. The maximum atomic E-state index is 10.7. The molecule has 0 bridgehead atoms. The molecule has 0 aliphatic carbocycles. The molecule has 1 aromatic heterocycles. The Kier molecular flexibility index (Phi) is 6.44. The topological polar surface area (TPSA) is 68.7 Å². The molecule has 3 rings (SSSR count). The average molecular weight is 383 g/mol. The smallest absolute Gasteiger partial charge is 0.309 e. The van der Waals surface area contributed by atoms with Gasteiger partial charge in [0, 0.05) is 10.9 Å². The van der Waals surface area contributed by atoms with Gasteiger partial charge in [0.05, 0.1) is 12.1 Å². The Bertz CT molecular complexity index is 872. The Morgan fingerprint density at radius 2 is 1.59 bits per heavy atom. The van der Waals surface area contributed by atoms with E-state index in [0.29, 0.717) is 18.9 Å². The molecule has 0 aliphatic rings. The lowest BCUT2D eigenvalue weighted by Gasteiger charge is -2.09. The van der Waals surface area contributed by atoms with Gasteiger partial charge in [-0.3, -0.25) is 4.79 Å². The molecule has 27 heavy (non-hydrogen) atoms. The average Bonchev–Trinajstić information content (AvgIpc) is 3.14. The van der Waals surface area contributed by atoms with Crippen LogP contribution < -0.4 is 9.47 Å². The van der Waals surface area contributed by atoms with Crippen LogP contribution in [-0.4, -0.2) is 29.3 Å². The van der Waals surface area contributed by atoms with Crippen LogP contribution in [0.3, 0.4) is 0 Å². The first kappa shape index (κ1) is 18.9. The van der Waals surface area contributed by atoms with Crippen LogP contribution in [0.15, 0.2) is 53.9 Å². The summed E-state index contributed by atoms with van der Waals surface area (Å²) >= 11 is 1.44. The summed E-state index contributed by atoms with van der Waals surface area (Å²) in [7, 11) is 0. The van der Waals surface area contributed by atoms with Crippen LogP contribution in [0.25, 0.3) is 10.6 Å². The van der Waals surface area contributed by atoms with E-state index in [1.165, 1.54) is 16.9 Å². The van der Waals surface area contributed by atoms with E-state index in [4.69, 9.17) is 14.6 Å². The van der Waals surface area contributed by atoms with Crippen molar-refractivity contribution in [3.05, 3.63) is 65.2 Å². The van der Waals surface area contributed by atoms with Gasteiger partial charge in [-0.25, -0.2) is 4.98 Å². The first-order valence-electron chi connectivity index (χ1n) is 8.75. The lowest BCUT2D eigenvalue weighted by Crippen LogP contribution is -2.08. The van der Waals surface area contributed by atoms with E-state index in [1.807, 2.05) is 36.4 Å². The number of hydrogen-bond donors (Lipinski definition) is 1. The van der Waals surface area contributed by atoms with Gasteiger partial charge in [0.1, 0.15) is 29.7 Å². The number of aliphatic carboxylic acids is 1. The lowest BCUT2D eigenvalue weighted by atomic mass is 10.2. The number of carboxylic acids is 1. The zero-order chi connectivity index (χ0) is 19.1. The summed E-state index contributed by atoms with van der Waals surface area (Å²) in [6.07, 6.45) is 0.958.